The molecule has 0 unspecified atom stereocenters. The first-order chi connectivity index (χ1) is 15.3. The number of carbonyl (C=O) groups excluding carboxylic acids is 1. The lowest BCUT2D eigenvalue weighted by Crippen LogP contribution is -2.35. The molecule has 0 aliphatic heterocycles. The second kappa shape index (κ2) is 9.33. The van der Waals surface area contributed by atoms with Gasteiger partial charge in [-0.25, -0.2) is 18.2 Å². The van der Waals surface area contributed by atoms with Crippen LogP contribution in [0, 0.1) is 31.3 Å². The van der Waals surface area contributed by atoms with Crippen LogP contribution < -0.4 is 4.90 Å². The summed E-state index contributed by atoms with van der Waals surface area (Å²) >= 11 is 2.32. The molecule has 32 heavy (non-hydrogen) atoms. The Morgan fingerprint density at radius 3 is 2.53 bits per heavy atom. The molecular formula is C22H19F3N4OS2. The molecule has 0 saturated heterocycles. The van der Waals surface area contributed by atoms with Gasteiger partial charge in [-0.3, -0.25) is 14.4 Å². The molecule has 2 aromatic heterocycles. The minimum absolute atomic E-state index is 0.0292. The van der Waals surface area contributed by atoms with Gasteiger partial charge in [0.25, 0.3) is 0 Å². The molecule has 0 radical (unpaired) electrons. The van der Waals surface area contributed by atoms with Gasteiger partial charge < -0.3 is 0 Å². The van der Waals surface area contributed by atoms with Crippen LogP contribution in [0.15, 0.2) is 47.4 Å². The summed E-state index contributed by atoms with van der Waals surface area (Å²) in [6.07, 6.45) is 0. The lowest BCUT2D eigenvalue weighted by atomic mass is 10.3. The molecule has 0 bridgehead atoms. The second-order valence-electron chi connectivity index (χ2n) is 7.17. The Bertz CT molecular complexity index is 1270. The van der Waals surface area contributed by atoms with E-state index >= 15 is 0 Å². The first-order valence-electron chi connectivity index (χ1n) is 9.75. The minimum atomic E-state index is -0.769. The van der Waals surface area contributed by atoms with Gasteiger partial charge in [0.2, 0.25) is 5.91 Å². The number of aromatic nitrogens is 3. The van der Waals surface area contributed by atoms with Crippen molar-refractivity contribution in [1.82, 2.24) is 14.8 Å². The van der Waals surface area contributed by atoms with E-state index in [0.717, 1.165) is 33.7 Å². The molecule has 0 atom stereocenters. The zero-order valence-electron chi connectivity index (χ0n) is 17.3. The highest BCUT2D eigenvalue weighted by atomic mass is 32.2. The number of thiazole rings is 1. The Morgan fingerprint density at radius 1 is 1.09 bits per heavy atom. The van der Waals surface area contributed by atoms with E-state index in [2.05, 4.69) is 10.1 Å². The number of carbonyl (C=O) groups is 1. The maximum Gasteiger partial charge on any atom is 0.239 e. The monoisotopic (exact) mass is 476 g/mol. The summed E-state index contributed by atoms with van der Waals surface area (Å²) < 4.78 is 43.1. The SMILES string of the molecule is Cc1cc(C)n(CCN(C(=O)CSc2ccc(F)cc2)c2nc3c(F)cc(F)cc3s2)n1. The fraction of sp³-hybridized carbons (Fsp3) is 0.227. The fourth-order valence-electron chi connectivity index (χ4n) is 3.24. The molecule has 0 aliphatic rings. The molecule has 4 aromatic rings. The number of benzene rings is 2. The zero-order chi connectivity index (χ0) is 22.8. The van der Waals surface area contributed by atoms with Crippen LogP contribution in [0.5, 0.6) is 0 Å². The van der Waals surface area contributed by atoms with E-state index in [1.54, 1.807) is 16.8 Å². The van der Waals surface area contributed by atoms with E-state index in [-0.39, 0.29) is 34.7 Å². The van der Waals surface area contributed by atoms with Crippen molar-refractivity contribution >= 4 is 44.4 Å². The topological polar surface area (TPSA) is 51.0 Å². The maximum absolute atomic E-state index is 14.2. The van der Waals surface area contributed by atoms with Crippen LogP contribution in [-0.2, 0) is 11.3 Å². The van der Waals surface area contributed by atoms with Crippen molar-refractivity contribution in [2.24, 2.45) is 0 Å². The normalized spacial score (nSPS) is 11.3. The van der Waals surface area contributed by atoms with Gasteiger partial charge in [-0.1, -0.05) is 11.3 Å². The molecule has 0 spiro atoms. The largest absolute Gasteiger partial charge is 0.285 e. The number of amides is 1. The Hall–Kier alpha value is -2.85. The Kier molecular flexibility index (Phi) is 6.52. The summed E-state index contributed by atoms with van der Waals surface area (Å²) in [7, 11) is 0. The number of anilines is 1. The molecule has 5 nitrogen and oxygen atoms in total. The third kappa shape index (κ3) is 4.97. The van der Waals surface area contributed by atoms with E-state index in [0.29, 0.717) is 11.2 Å². The first-order valence-corrected chi connectivity index (χ1v) is 11.6. The highest BCUT2D eigenvalue weighted by Crippen LogP contribution is 2.32. The van der Waals surface area contributed by atoms with Crippen LogP contribution >= 0.6 is 23.1 Å². The van der Waals surface area contributed by atoms with Crippen molar-refractivity contribution in [1.29, 1.82) is 0 Å². The molecule has 166 valence electrons. The van der Waals surface area contributed by atoms with Gasteiger partial charge in [0.15, 0.2) is 10.9 Å². The summed E-state index contributed by atoms with van der Waals surface area (Å²) in [5.74, 6) is -1.99. The average molecular weight is 477 g/mol. The average Bonchev–Trinajstić information content (AvgIpc) is 3.30. The lowest BCUT2D eigenvalue weighted by Gasteiger charge is -2.20. The van der Waals surface area contributed by atoms with Crippen molar-refractivity contribution in [3.63, 3.8) is 0 Å². The van der Waals surface area contributed by atoms with Gasteiger partial charge >= 0.3 is 0 Å². The van der Waals surface area contributed by atoms with E-state index in [1.807, 2.05) is 19.9 Å². The van der Waals surface area contributed by atoms with Crippen molar-refractivity contribution < 1.29 is 18.0 Å². The van der Waals surface area contributed by atoms with Crippen LogP contribution in [0.25, 0.3) is 10.2 Å². The summed E-state index contributed by atoms with van der Waals surface area (Å²) in [6, 6.07) is 9.78. The van der Waals surface area contributed by atoms with Crippen LogP contribution in [0.1, 0.15) is 11.4 Å². The first kappa shape index (κ1) is 22.3. The molecule has 1 amide bonds. The van der Waals surface area contributed by atoms with Crippen LogP contribution in [0.2, 0.25) is 0 Å². The standard InChI is InChI=1S/C22H19F3N4OS2/c1-13-9-14(2)29(27-13)8-7-28(20(30)12-31-17-5-3-15(23)4-6-17)22-26-21-18(25)10-16(24)11-19(21)32-22/h3-6,9-11H,7-8,12H2,1-2H3. The lowest BCUT2D eigenvalue weighted by molar-refractivity contribution is -0.116. The number of halogens is 3. The smallest absolute Gasteiger partial charge is 0.239 e. The quantitative estimate of drug-likeness (QED) is 0.337. The molecule has 2 aromatic carbocycles. The molecule has 2 heterocycles. The number of hydrogen-bond donors (Lipinski definition) is 0. The second-order valence-corrected chi connectivity index (χ2v) is 9.23. The van der Waals surface area contributed by atoms with Crippen LogP contribution in [0.4, 0.5) is 18.3 Å². The summed E-state index contributed by atoms with van der Waals surface area (Å²) in [5, 5.41) is 4.70. The number of aryl methyl sites for hydroxylation is 2. The van der Waals surface area contributed by atoms with Gasteiger partial charge in [-0.15, -0.1) is 11.8 Å². The van der Waals surface area contributed by atoms with E-state index < -0.39 is 11.6 Å². The molecule has 10 heteroatoms. The maximum atomic E-state index is 14.2. The zero-order valence-corrected chi connectivity index (χ0v) is 18.9. The predicted molar refractivity (Wildman–Crippen MR) is 121 cm³/mol. The van der Waals surface area contributed by atoms with Crippen molar-refractivity contribution in [2.75, 3.05) is 17.2 Å². The number of nitrogens with zero attached hydrogens (tertiary/aromatic N) is 4. The van der Waals surface area contributed by atoms with Gasteiger partial charge in [0, 0.05) is 23.2 Å². The van der Waals surface area contributed by atoms with E-state index in [9.17, 15) is 18.0 Å². The molecule has 0 aliphatic carbocycles. The summed E-state index contributed by atoms with van der Waals surface area (Å²) in [4.78, 5) is 19.6. The highest BCUT2D eigenvalue weighted by molar-refractivity contribution is 8.00. The van der Waals surface area contributed by atoms with Crippen molar-refractivity contribution in [2.45, 2.75) is 25.3 Å². The van der Waals surface area contributed by atoms with Crippen LogP contribution in [-0.4, -0.2) is 33.0 Å². The van der Waals surface area contributed by atoms with E-state index in [1.165, 1.54) is 34.9 Å². The van der Waals surface area contributed by atoms with Gasteiger partial charge in [0.05, 0.1) is 22.7 Å². The number of thioether (sulfide) groups is 1. The fourth-order valence-corrected chi connectivity index (χ4v) is 5.06. The van der Waals surface area contributed by atoms with E-state index in [4.69, 9.17) is 0 Å². The molecule has 0 N–H and O–H groups in total. The molecule has 0 fully saturated rings. The number of rotatable bonds is 7. The molecule has 0 saturated carbocycles. The van der Waals surface area contributed by atoms with Gasteiger partial charge in [-0.2, -0.15) is 5.10 Å². The Morgan fingerprint density at radius 2 is 1.84 bits per heavy atom. The van der Waals surface area contributed by atoms with Crippen LogP contribution in [0.3, 0.4) is 0 Å². The minimum Gasteiger partial charge on any atom is -0.285 e. The van der Waals surface area contributed by atoms with Gasteiger partial charge in [0.1, 0.15) is 17.2 Å². The summed E-state index contributed by atoms with van der Waals surface area (Å²) in [6.45, 7) is 4.48. The number of fused-ring (bicyclic) bond motifs is 1. The third-order valence-corrected chi connectivity index (χ3v) is 6.77. The third-order valence-electron chi connectivity index (χ3n) is 4.75. The number of hydrogen-bond acceptors (Lipinski definition) is 5. The molecular weight excluding hydrogens is 457 g/mol. The highest BCUT2D eigenvalue weighted by Gasteiger charge is 2.22. The Labute approximate surface area is 190 Å². The Balaban J connectivity index is 1.59. The van der Waals surface area contributed by atoms with Crippen molar-refractivity contribution in [3.8, 4) is 0 Å². The molecule has 4 rings (SSSR count). The van der Waals surface area contributed by atoms with Gasteiger partial charge in [-0.05, 0) is 50.2 Å². The van der Waals surface area contributed by atoms with Crippen molar-refractivity contribution in [3.05, 3.63) is 71.3 Å². The predicted octanol–water partition coefficient (Wildman–Crippen LogP) is 5.35. The summed E-state index contributed by atoms with van der Waals surface area (Å²) in [5.41, 5.74) is 1.85.